The summed E-state index contributed by atoms with van der Waals surface area (Å²) in [4.78, 5) is 0. The smallest absolute Gasteiger partial charge is 0.214 e. The van der Waals surface area contributed by atoms with Crippen molar-refractivity contribution in [3.05, 3.63) is 15.9 Å². The molecule has 1 aliphatic heterocycles. The second kappa shape index (κ2) is 4.70. The van der Waals surface area contributed by atoms with E-state index in [1.54, 1.807) is 4.31 Å². The van der Waals surface area contributed by atoms with Crippen LogP contribution in [0.4, 0.5) is 0 Å². The summed E-state index contributed by atoms with van der Waals surface area (Å²) in [5.74, 6) is 0.268. The molecular weight excluding hydrogens is 306 g/mol. The van der Waals surface area contributed by atoms with E-state index in [-0.39, 0.29) is 5.75 Å². The molecule has 0 N–H and O–H groups in total. The van der Waals surface area contributed by atoms with E-state index < -0.39 is 10.0 Å². The molecule has 1 aliphatic rings. The van der Waals surface area contributed by atoms with Crippen LogP contribution in [0.3, 0.4) is 0 Å². The topological polar surface area (TPSA) is 55.2 Å². The summed E-state index contributed by atoms with van der Waals surface area (Å²) in [6.45, 7) is 5.69. The number of halogens is 1. The average molecular weight is 322 g/mol. The Kier molecular flexibility index (Phi) is 3.61. The van der Waals surface area contributed by atoms with Gasteiger partial charge in [0.2, 0.25) is 10.0 Å². The minimum Gasteiger partial charge on any atom is -0.267 e. The van der Waals surface area contributed by atoms with Crippen LogP contribution >= 0.6 is 15.9 Å². The number of rotatable bonds is 3. The maximum atomic E-state index is 11.8. The van der Waals surface area contributed by atoms with Gasteiger partial charge >= 0.3 is 0 Å². The van der Waals surface area contributed by atoms with E-state index in [2.05, 4.69) is 21.0 Å². The zero-order valence-electron chi connectivity index (χ0n) is 9.98. The monoisotopic (exact) mass is 321 g/mol. The lowest BCUT2D eigenvalue weighted by molar-refractivity contribution is 0.420. The van der Waals surface area contributed by atoms with Crippen molar-refractivity contribution >= 4 is 26.0 Å². The number of nitrogens with zero attached hydrogens (tertiary/aromatic N) is 3. The van der Waals surface area contributed by atoms with Gasteiger partial charge in [0.05, 0.1) is 28.2 Å². The molecule has 1 saturated heterocycles. The molecule has 0 atom stereocenters. The Morgan fingerprint density at radius 3 is 2.71 bits per heavy atom. The van der Waals surface area contributed by atoms with E-state index in [9.17, 15) is 8.42 Å². The van der Waals surface area contributed by atoms with Crippen LogP contribution in [0.15, 0.2) is 4.47 Å². The third-order valence-electron chi connectivity index (χ3n) is 2.98. The molecule has 0 amide bonds. The van der Waals surface area contributed by atoms with Crippen molar-refractivity contribution in [2.45, 2.75) is 33.4 Å². The SMILES string of the molecule is CCn1nc(C)c(Br)c1CN1CCCS1(=O)=O. The van der Waals surface area contributed by atoms with Gasteiger partial charge in [-0.15, -0.1) is 0 Å². The maximum Gasteiger partial charge on any atom is 0.214 e. The molecule has 0 aliphatic carbocycles. The van der Waals surface area contributed by atoms with E-state index in [4.69, 9.17) is 0 Å². The first-order chi connectivity index (χ1) is 7.95. The Morgan fingerprint density at radius 2 is 2.18 bits per heavy atom. The Hall–Kier alpha value is -0.400. The highest BCUT2D eigenvalue weighted by molar-refractivity contribution is 9.10. The number of sulfonamides is 1. The van der Waals surface area contributed by atoms with Crippen molar-refractivity contribution in [3.8, 4) is 0 Å². The van der Waals surface area contributed by atoms with Crippen molar-refractivity contribution in [1.29, 1.82) is 0 Å². The Bertz CT molecular complexity index is 524. The van der Waals surface area contributed by atoms with E-state index in [0.717, 1.165) is 28.8 Å². The fraction of sp³-hybridized carbons (Fsp3) is 0.700. The molecule has 0 saturated carbocycles. The average Bonchev–Trinajstić information content (AvgIpc) is 2.73. The fourth-order valence-corrected chi connectivity index (χ4v) is 3.94. The van der Waals surface area contributed by atoms with Gasteiger partial charge in [0.1, 0.15) is 0 Å². The molecule has 0 spiro atoms. The molecule has 0 bridgehead atoms. The molecule has 1 aromatic heterocycles. The van der Waals surface area contributed by atoms with Crippen LogP contribution in [0.1, 0.15) is 24.7 Å². The lowest BCUT2D eigenvalue weighted by atomic mass is 10.3. The number of aromatic nitrogens is 2. The minimum atomic E-state index is -3.05. The Labute approximate surface area is 110 Å². The van der Waals surface area contributed by atoms with Crippen LogP contribution in [-0.4, -0.2) is 34.8 Å². The van der Waals surface area contributed by atoms with Crippen LogP contribution in [-0.2, 0) is 23.1 Å². The van der Waals surface area contributed by atoms with Gasteiger partial charge in [-0.2, -0.15) is 9.40 Å². The van der Waals surface area contributed by atoms with Crippen LogP contribution in [0.25, 0.3) is 0 Å². The quantitative estimate of drug-likeness (QED) is 0.848. The van der Waals surface area contributed by atoms with Crippen LogP contribution < -0.4 is 0 Å². The molecular formula is C10H16BrN3O2S. The lowest BCUT2D eigenvalue weighted by Gasteiger charge is -2.15. The summed E-state index contributed by atoms with van der Waals surface area (Å²) < 4.78 is 27.8. The van der Waals surface area contributed by atoms with Gasteiger partial charge in [0, 0.05) is 13.1 Å². The van der Waals surface area contributed by atoms with Crippen molar-refractivity contribution < 1.29 is 8.42 Å². The summed E-state index contributed by atoms with van der Waals surface area (Å²) >= 11 is 3.48. The van der Waals surface area contributed by atoms with Crippen molar-refractivity contribution in [3.63, 3.8) is 0 Å². The molecule has 0 radical (unpaired) electrons. The Morgan fingerprint density at radius 1 is 1.47 bits per heavy atom. The van der Waals surface area contributed by atoms with Crippen LogP contribution in [0.2, 0.25) is 0 Å². The molecule has 96 valence electrons. The standard InChI is InChI=1S/C10H16BrN3O2S/c1-3-14-9(10(11)8(2)12-14)7-13-5-4-6-17(13,15)16/h3-7H2,1-2H3. The summed E-state index contributed by atoms with van der Waals surface area (Å²) in [7, 11) is -3.05. The predicted octanol–water partition coefficient (Wildman–Crippen LogP) is 1.51. The molecule has 1 aromatic rings. The molecule has 17 heavy (non-hydrogen) atoms. The molecule has 0 aromatic carbocycles. The zero-order valence-corrected chi connectivity index (χ0v) is 12.4. The maximum absolute atomic E-state index is 11.8. The normalized spacial score (nSPS) is 19.9. The summed E-state index contributed by atoms with van der Waals surface area (Å²) in [5, 5.41) is 4.37. The van der Waals surface area contributed by atoms with Crippen LogP contribution in [0, 0.1) is 6.92 Å². The second-order valence-corrected chi connectivity index (χ2v) is 7.05. The highest BCUT2D eigenvalue weighted by Crippen LogP contribution is 2.25. The van der Waals surface area contributed by atoms with Crippen molar-refractivity contribution in [1.82, 2.24) is 14.1 Å². The lowest BCUT2D eigenvalue weighted by Crippen LogP contribution is -2.26. The highest BCUT2D eigenvalue weighted by atomic mass is 79.9. The minimum absolute atomic E-state index is 0.268. The van der Waals surface area contributed by atoms with Gasteiger partial charge in [-0.1, -0.05) is 0 Å². The molecule has 5 nitrogen and oxygen atoms in total. The molecule has 1 fully saturated rings. The number of hydrogen-bond acceptors (Lipinski definition) is 3. The Balaban J connectivity index is 2.30. The first-order valence-electron chi connectivity index (χ1n) is 5.65. The summed E-state index contributed by atoms with van der Waals surface area (Å²) in [5.41, 5.74) is 1.84. The molecule has 7 heteroatoms. The van der Waals surface area contributed by atoms with Gasteiger partial charge in [-0.3, -0.25) is 4.68 Å². The van der Waals surface area contributed by atoms with E-state index >= 15 is 0 Å². The van der Waals surface area contributed by atoms with Crippen LogP contribution in [0.5, 0.6) is 0 Å². The predicted molar refractivity (Wildman–Crippen MR) is 69.2 cm³/mol. The van der Waals surface area contributed by atoms with Gasteiger partial charge < -0.3 is 0 Å². The molecule has 2 rings (SSSR count). The number of aryl methyl sites for hydroxylation is 2. The van der Waals surface area contributed by atoms with Gasteiger partial charge in [-0.05, 0) is 36.2 Å². The second-order valence-electron chi connectivity index (χ2n) is 4.16. The van der Waals surface area contributed by atoms with Gasteiger partial charge in [0.15, 0.2) is 0 Å². The van der Waals surface area contributed by atoms with E-state index in [0.29, 0.717) is 13.1 Å². The third-order valence-corrected chi connectivity index (χ3v) is 5.92. The van der Waals surface area contributed by atoms with E-state index in [1.165, 1.54) is 0 Å². The van der Waals surface area contributed by atoms with Crippen molar-refractivity contribution in [2.24, 2.45) is 0 Å². The summed E-state index contributed by atoms with van der Waals surface area (Å²) in [6, 6.07) is 0. The number of hydrogen-bond donors (Lipinski definition) is 0. The fourth-order valence-electron chi connectivity index (χ4n) is 2.06. The third kappa shape index (κ3) is 2.41. The highest BCUT2D eigenvalue weighted by Gasteiger charge is 2.30. The largest absolute Gasteiger partial charge is 0.267 e. The molecule has 2 heterocycles. The van der Waals surface area contributed by atoms with Gasteiger partial charge in [0.25, 0.3) is 0 Å². The molecule has 0 unspecified atom stereocenters. The first-order valence-corrected chi connectivity index (χ1v) is 8.05. The summed E-state index contributed by atoms with van der Waals surface area (Å²) in [6.07, 6.45) is 0.721. The zero-order chi connectivity index (χ0) is 12.6. The van der Waals surface area contributed by atoms with Gasteiger partial charge in [-0.25, -0.2) is 8.42 Å². The first kappa shape index (κ1) is 13.0. The van der Waals surface area contributed by atoms with E-state index in [1.807, 2.05) is 18.5 Å². The van der Waals surface area contributed by atoms with Crippen molar-refractivity contribution in [2.75, 3.05) is 12.3 Å².